The Bertz CT molecular complexity index is 1270. The summed E-state index contributed by atoms with van der Waals surface area (Å²) in [6.07, 6.45) is 0. The van der Waals surface area contributed by atoms with Crippen LogP contribution in [0.2, 0.25) is 0 Å². The smallest absolute Gasteiger partial charge is 0.228 e. The molecule has 0 unspecified atom stereocenters. The summed E-state index contributed by atoms with van der Waals surface area (Å²) < 4.78 is 15.1. The highest BCUT2D eigenvalue weighted by atomic mass is 19.1. The summed E-state index contributed by atoms with van der Waals surface area (Å²) in [5.41, 5.74) is 10.8. The minimum absolute atomic E-state index is 0.308. The maximum Gasteiger partial charge on any atom is 0.228 e. The minimum Gasteiger partial charge on any atom is -0.383 e. The third-order valence-electron chi connectivity index (χ3n) is 6.27. The van der Waals surface area contributed by atoms with Crippen LogP contribution in [0.5, 0.6) is 0 Å². The normalized spacial score (nSPS) is 15.0. The fourth-order valence-electron chi connectivity index (χ4n) is 4.16. The van der Waals surface area contributed by atoms with E-state index in [-0.39, 0.29) is 5.82 Å². The van der Waals surface area contributed by atoms with Gasteiger partial charge in [-0.3, -0.25) is 0 Å². The first kappa shape index (κ1) is 21.3. The van der Waals surface area contributed by atoms with Crippen molar-refractivity contribution in [3.8, 4) is 16.9 Å². The molecule has 1 aliphatic heterocycles. The Hall–Kier alpha value is -3.52. The van der Waals surface area contributed by atoms with Crippen LogP contribution < -0.4 is 10.6 Å². The number of piperazine rings is 1. The van der Waals surface area contributed by atoms with E-state index in [1.165, 1.54) is 17.7 Å². The molecule has 1 saturated heterocycles. The van der Waals surface area contributed by atoms with Crippen LogP contribution in [0.15, 0.2) is 48.5 Å². The number of rotatable bonds is 4. The zero-order valence-electron chi connectivity index (χ0n) is 19.2. The van der Waals surface area contributed by atoms with Gasteiger partial charge >= 0.3 is 0 Å². The number of nitrogen functional groups attached to an aromatic ring is 1. The molecule has 7 nitrogen and oxygen atoms in total. The molecule has 33 heavy (non-hydrogen) atoms. The first-order chi connectivity index (χ1) is 15.9. The van der Waals surface area contributed by atoms with Crippen LogP contribution in [0.25, 0.3) is 28.0 Å². The quantitative estimate of drug-likeness (QED) is 0.510. The third-order valence-corrected chi connectivity index (χ3v) is 6.27. The highest BCUT2D eigenvalue weighted by Gasteiger charge is 2.23. The van der Waals surface area contributed by atoms with Gasteiger partial charge in [0.25, 0.3) is 0 Å². The van der Waals surface area contributed by atoms with Crippen molar-refractivity contribution in [1.29, 1.82) is 0 Å². The highest BCUT2D eigenvalue weighted by Crippen LogP contribution is 2.34. The molecule has 170 valence electrons. The molecule has 0 spiro atoms. The molecule has 2 N–H and O–H groups in total. The minimum atomic E-state index is -0.308. The van der Waals surface area contributed by atoms with Crippen LogP contribution in [-0.2, 0) is 0 Å². The van der Waals surface area contributed by atoms with Gasteiger partial charge in [-0.05, 0) is 42.8 Å². The topological polar surface area (TPSA) is 76.1 Å². The molecule has 0 saturated carbocycles. The standard InChI is InChI=1S/C25H28FN7/c1-16(2)17-4-6-18(7-5-17)22-21-23(27)33(20-10-8-19(26)9-11-20)30-24(21)29-25(28-22)32-14-12-31(3)13-15-32/h4-11,16H,12-15,27H2,1-3H3. The molecular weight excluding hydrogens is 417 g/mol. The van der Waals surface area contributed by atoms with E-state index in [1.54, 1.807) is 16.8 Å². The van der Waals surface area contributed by atoms with Crippen LogP contribution in [0, 0.1) is 5.82 Å². The Morgan fingerprint density at radius 2 is 1.58 bits per heavy atom. The second-order valence-electron chi connectivity index (χ2n) is 8.91. The van der Waals surface area contributed by atoms with E-state index in [2.05, 4.69) is 55.0 Å². The van der Waals surface area contributed by atoms with E-state index < -0.39 is 0 Å². The summed E-state index contributed by atoms with van der Waals surface area (Å²) in [5, 5.41) is 5.40. The fraction of sp³-hybridized carbons (Fsp3) is 0.320. The second-order valence-corrected chi connectivity index (χ2v) is 8.91. The van der Waals surface area contributed by atoms with Crippen molar-refractivity contribution in [2.75, 3.05) is 43.9 Å². The van der Waals surface area contributed by atoms with E-state index in [0.717, 1.165) is 37.4 Å². The van der Waals surface area contributed by atoms with Crippen LogP contribution in [0.1, 0.15) is 25.3 Å². The number of likely N-dealkylation sites (N-methyl/N-ethyl adjacent to an activating group) is 1. The highest BCUT2D eigenvalue weighted by molar-refractivity contribution is 5.99. The van der Waals surface area contributed by atoms with Crippen LogP contribution in [0.4, 0.5) is 16.2 Å². The van der Waals surface area contributed by atoms with Gasteiger partial charge in [0.15, 0.2) is 5.65 Å². The number of nitrogens with zero attached hydrogens (tertiary/aromatic N) is 6. The molecule has 3 heterocycles. The van der Waals surface area contributed by atoms with E-state index in [0.29, 0.717) is 34.4 Å². The molecule has 0 atom stereocenters. The number of fused-ring (bicyclic) bond motifs is 1. The average molecular weight is 446 g/mol. The van der Waals surface area contributed by atoms with Crippen LogP contribution in [-0.4, -0.2) is 57.9 Å². The molecule has 2 aromatic heterocycles. The number of halogens is 1. The number of benzene rings is 2. The van der Waals surface area contributed by atoms with Crippen molar-refractivity contribution in [1.82, 2.24) is 24.6 Å². The van der Waals surface area contributed by atoms with Gasteiger partial charge in [0.1, 0.15) is 11.6 Å². The Labute approximate surface area is 192 Å². The largest absolute Gasteiger partial charge is 0.383 e. The van der Waals surface area contributed by atoms with E-state index in [4.69, 9.17) is 20.8 Å². The van der Waals surface area contributed by atoms with Crippen molar-refractivity contribution < 1.29 is 4.39 Å². The monoisotopic (exact) mass is 445 g/mol. The Kier molecular flexibility index (Phi) is 5.46. The van der Waals surface area contributed by atoms with Crippen molar-refractivity contribution in [3.05, 3.63) is 59.9 Å². The maximum absolute atomic E-state index is 13.5. The predicted molar refractivity (Wildman–Crippen MR) is 130 cm³/mol. The summed E-state index contributed by atoms with van der Waals surface area (Å²) in [4.78, 5) is 14.3. The maximum atomic E-state index is 13.5. The van der Waals surface area contributed by atoms with Crippen LogP contribution >= 0.6 is 0 Å². The van der Waals surface area contributed by atoms with Crippen molar-refractivity contribution in [2.45, 2.75) is 19.8 Å². The molecule has 1 aliphatic rings. The number of aromatic nitrogens is 4. The predicted octanol–water partition coefficient (Wildman–Crippen LogP) is 4.08. The molecular formula is C25H28FN7. The summed E-state index contributed by atoms with van der Waals surface area (Å²) in [5.74, 6) is 1.22. The van der Waals surface area contributed by atoms with Gasteiger partial charge in [0.05, 0.1) is 16.8 Å². The lowest BCUT2D eigenvalue weighted by molar-refractivity contribution is 0.311. The van der Waals surface area contributed by atoms with E-state index in [1.807, 2.05) is 0 Å². The molecule has 1 fully saturated rings. The van der Waals surface area contributed by atoms with Gasteiger partial charge < -0.3 is 15.5 Å². The lowest BCUT2D eigenvalue weighted by Crippen LogP contribution is -2.45. The number of anilines is 2. The van der Waals surface area contributed by atoms with E-state index >= 15 is 0 Å². The zero-order chi connectivity index (χ0) is 23.1. The average Bonchev–Trinajstić information content (AvgIpc) is 3.16. The Morgan fingerprint density at radius 1 is 0.909 bits per heavy atom. The summed E-state index contributed by atoms with van der Waals surface area (Å²) >= 11 is 0. The van der Waals surface area contributed by atoms with Crippen molar-refractivity contribution in [2.24, 2.45) is 0 Å². The van der Waals surface area contributed by atoms with Gasteiger partial charge in [-0.15, -0.1) is 5.10 Å². The SMILES string of the molecule is CC(C)c1ccc(-c2nc(N3CCN(C)CC3)nc3nn(-c4ccc(F)cc4)c(N)c23)cc1. The summed E-state index contributed by atoms with van der Waals surface area (Å²) in [6, 6.07) is 14.5. The lowest BCUT2D eigenvalue weighted by atomic mass is 10.00. The first-order valence-corrected chi connectivity index (χ1v) is 11.3. The van der Waals surface area contributed by atoms with Crippen LogP contribution in [0.3, 0.4) is 0 Å². The van der Waals surface area contributed by atoms with Gasteiger partial charge in [0, 0.05) is 31.7 Å². The molecule has 8 heteroatoms. The lowest BCUT2D eigenvalue weighted by Gasteiger charge is -2.32. The second kappa shape index (κ2) is 8.44. The molecule has 2 aromatic carbocycles. The zero-order valence-corrected chi connectivity index (χ0v) is 19.2. The number of nitrogens with two attached hydrogens (primary N) is 1. The van der Waals surface area contributed by atoms with Gasteiger partial charge in [-0.25, -0.2) is 14.1 Å². The Morgan fingerprint density at radius 3 is 2.21 bits per heavy atom. The van der Waals surface area contributed by atoms with Gasteiger partial charge in [-0.2, -0.15) is 4.98 Å². The molecule has 0 aliphatic carbocycles. The Balaban J connectivity index is 1.68. The summed E-state index contributed by atoms with van der Waals surface area (Å²) in [6.45, 7) is 7.95. The molecule has 4 aromatic rings. The summed E-state index contributed by atoms with van der Waals surface area (Å²) in [7, 11) is 2.12. The van der Waals surface area contributed by atoms with E-state index in [9.17, 15) is 4.39 Å². The van der Waals surface area contributed by atoms with Gasteiger partial charge in [0.2, 0.25) is 5.95 Å². The first-order valence-electron chi connectivity index (χ1n) is 11.3. The number of hydrogen-bond acceptors (Lipinski definition) is 6. The fourth-order valence-corrected chi connectivity index (χ4v) is 4.16. The number of hydrogen-bond donors (Lipinski definition) is 1. The van der Waals surface area contributed by atoms with Gasteiger partial charge in [-0.1, -0.05) is 38.1 Å². The molecule has 0 bridgehead atoms. The third kappa shape index (κ3) is 4.02. The molecule has 5 rings (SSSR count). The van der Waals surface area contributed by atoms with Crippen molar-refractivity contribution in [3.63, 3.8) is 0 Å². The van der Waals surface area contributed by atoms with Crippen molar-refractivity contribution >= 4 is 22.8 Å². The molecule has 0 amide bonds. The molecule has 0 radical (unpaired) electrons.